The van der Waals surface area contributed by atoms with Crippen molar-refractivity contribution >= 4 is 34.9 Å². The Morgan fingerprint density at radius 1 is 1.31 bits per heavy atom. The Balaban J connectivity index is 1.64. The molecule has 0 unspecified atom stereocenters. The number of ether oxygens (including phenoxy) is 1. The fraction of sp³-hybridized carbons (Fsp3) is 0.222. The van der Waals surface area contributed by atoms with Crippen LogP contribution < -0.4 is 20.3 Å². The molecule has 3 amide bonds. The van der Waals surface area contributed by atoms with E-state index < -0.39 is 17.9 Å². The number of benzene rings is 2. The second kappa shape index (κ2) is 7.61. The van der Waals surface area contributed by atoms with Crippen molar-refractivity contribution in [2.75, 3.05) is 23.9 Å². The zero-order valence-corrected chi connectivity index (χ0v) is 14.7. The van der Waals surface area contributed by atoms with Crippen LogP contribution in [0.15, 0.2) is 42.5 Å². The SMILES string of the molecule is COc1ccc(Cl)cc1NC(=O)N[C@@H]1CC(=O)N(c2cccc(F)c2)C1. The molecule has 1 fully saturated rings. The predicted molar refractivity (Wildman–Crippen MR) is 97.3 cm³/mol. The van der Waals surface area contributed by atoms with Crippen LogP contribution in [-0.4, -0.2) is 31.6 Å². The molecular weight excluding hydrogens is 361 g/mol. The van der Waals surface area contributed by atoms with E-state index in [1.165, 1.54) is 30.2 Å². The minimum Gasteiger partial charge on any atom is -0.495 e. The van der Waals surface area contributed by atoms with E-state index in [-0.39, 0.29) is 18.9 Å². The summed E-state index contributed by atoms with van der Waals surface area (Å²) in [4.78, 5) is 25.9. The average molecular weight is 378 g/mol. The van der Waals surface area contributed by atoms with Gasteiger partial charge in [-0.3, -0.25) is 4.79 Å². The summed E-state index contributed by atoms with van der Waals surface area (Å²) in [6.07, 6.45) is 0.136. The molecule has 136 valence electrons. The summed E-state index contributed by atoms with van der Waals surface area (Å²) in [5, 5.41) is 5.85. The first kappa shape index (κ1) is 18.0. The smallest absolute Gasteiger partial charge is 0.319 e. The van der Waals surface area contributed by atoms with Gasteiger partial charge in [0.1, 0.15) is 11.6 Å². The summed E-state index contributed by atoms with van der Waals surface area (Å²) in [6, 6.07) is 9.78. The van der Waals surface area contributed by atoms with Gasteiger partial charge in [0.05, 0.1) is 18.8 Å². The highest BCUT2D eigenvalue weighted by molar-refractivity contribution is 6.31. The molecule has 3 rings (SSSR count). The maximum absolute atomic E-state index is 13.4. The average Bonchev–Trinajstić information content (AvgIpc) is 2.95. The molecule has 1 aliphatic heterocycles. The van der Waals surface area contributed by atoms with Gasteiger partial charge in [-0.2, -0.15) is 0 Å². The number of anilines is 2. The van der Waals surface area contributed by atoms with Crippen LogP contribution in [0.3, 0.4) is 0 Å². The zero-order valence-electron chi connectivity index (χ0n) is 14.0. The lowest BCUT2D eigenvalue weighted by atomic mass is 10.2. The van der Waals surface area contributed by atoms with Crippen molar-refractivity contribution in [3.05, 3.63) is 53.3 Å². The second-order valence-electron chi connectivity index (χ2n) is 5.83. The predicted octanol–water partition coefficient (Wildman–Crippen LogP) is 3.41. The third-order valence-electron chi connectivity index (χ3n) is 3.99. The maximum Gasteiger partial charge on any atom is 0.319 e. The second-order valence-corrected chi connectivity index (χ2v) is 6.26. The topological polar surface area (TPSA) is 70.7 Å². The summed E-state index contributed by atoms with van der Waals surface area (Å²) in [6.45, 7) is 0.266. The lowest BCUT2D eigenvalue weighted by Crippen LogP contribution is -2.39. The first-order valence-corrected chi connectivity index (χ1v) is 8.31. The third kappa shape index (κ3) is 4.05. The number of hydrogen-bond acceptors (Lipinski definition) is 3. The van der Waals surface area contributed by atoms with E-state index in [1.54, 1.807) is 24.3 Å². The zero-order chi connectivity index (χ0) is 18.7. The highest BCUT2D eigenvalue weighted by atomic mass is 35.5. The van der Waals surface area contributed by atoms with Crippen LogP contribution in [-0.2, 0) is 4.79 Å². The van der Waals surface area contributed by atoms with Gasteiger partial charge in [-0.05, 0) is 36.4 Å². The standard InChI is InChI=1S/C18H17ClFN3O3/c1-26-16-6-5-11(19)7-15(16)22-18(25)21-13-9-17(24)23(10-13)14-4-2-3-12(20)8-14/h2-8,13H,9-10H2,1H3,(H2,21,22,25)/t13-/m1/s1. The Morgan fingerprint density at radius 2 is 2.12 bits per heavy atom. The van der Waals surface area contributed by atoms with Crippen molar-refractivity contribution in [1.82, 2.24) is 5.32 Å². The summed E-state index contributed by atoms with van der Waals surface area (Å²) >= 11 is 5.94. The molecule has 0 saturated carbocycles. The molecular formula is C18H17ClFN3O3. The molecule has 0 aromatic heterocycles. The van der Waals surface area contributed by atoms with E-state index in [4.69, 9.17) is 16.3 Å². The Labute approximate surface area is 154 Å². The molecule has 6 nitrogen and oxygen atoms in total. The summed E-state index contributed by atoms with van der Waals surface area (Å²) < 4.78 is 18.5. The summed E-state index contributed by atoms with van der Waals surface area (Å²) in [5.41, 5.74) is 0.889. The van der Waals surface area contributed by atoms with Crippen LogP contribution in [0.4, 0.5) is 20.6 Å². The van der Waals surface area contributed by atoms with E-state index in [2.05, 4.69) is 10.6 Å². The van der Waals surface area contributed by atoms with Crippen LogP contribution in [0.1, 0.15) is 6.42 Å². The van der Waals surface area contributed by atoms with Crippen molar-refractivity contribution in [1.29, 1.82) is 0 Å². The molecule has 0 bridgehead atoms. The Kier molecular flexibility index (Phi) is 5.27. The van der Waals surface area contributed by atoms with E-state index >= 15 is 0 Å². The van der Waals surface area contributed by atoms with Crippen LogP contribution in [0.5, 0.6) is 5.75 Å². The normalized spacial score (nSPS) is 16.5. The first-order valence-electron chi connectivity index (χ1n) is 7.93. The van der Waals surface area contributed by atoms with E-state index in [0.29, 0.717) is 22.1 Å². The minimum absolute atomic E-state index is 0.136. The molecule has 1 atom stereocenters. The molecule has 0 radical (unpaired) electrons. The number of rotatable bonds is 4. The number of nitrogens with one attached hydrogen (secondary N) is 2. The number of hydrogen-bond donors (Lipinski definition) is 2. The number of carbonyl (C=O) groups is 2. The number of urea groups is 1. The Morgan fingerprint density at radius 3 is 2.85 bits per heavy atom. The number of methoxy groups -OCH3 is 1. The van der Waals surface area contributed by atoms with Gasteiger partial charge in [0.25, 0.3) is 0 Å². The molecule has 0 aliphatic carbocycles. The summed E-state index contributed by atoms with van der Waals surface area (Å²) in [5.74, 6) is -0.132. The molecule has 26 heavy (non-hydrogen) atoms. The highest BCUT2D eigenvalue weighted by Gasteiger charge is 2.31. The Bertz CT molecular complexity index is 846. The largest absolute Gasteiger partial charge is 0.495 e. The minimum atomic E-state index is -0.482. The fourth-order valence-corrected chi connectivity index (χ4v) is 2.99. The number of amides is 3. The van der Waals surface area contributed by atoms with Crippen LogP contribution in [0.25, 0.3) is 0 Å². The fourth-order valence-electron chi connectivity index (χ4n) is 2.82. The number of nitrogens with zero attached hydrogens (tertiary/aromatic N) is 1. The van der Waals surface area contributed by atoms with Crippen molar-refractivity contribution in [3.8, 4) is 5.75 Å². The van der Waals surface area contributed by atoms with Crippen molar-refractivity contribution in [2.45, 2.75) is 12.5 Å². The molecule has 1 aliphatic rings. The van der Waals surface area contributed by atoms with Gasteiger partial charge in [-0.1, -0.05) is 17.7 Å². The lowest BCUT2D eigenvalue weighted by Gasteiger charge is -2.18. The lowest BCUT2D eigenvalue weighted by molar-refractivity contribution is -0.117. The monoisotopic (exact) mass is 377 g/mol. The van der Waals surface area contributed by atoms with Crippen LogP contribution >= 0.6 is 11.6 Å². The molecule has 2 aromatic rings. The van der Waals surface area contributed by atoms with Gasteiger partial charge in [0.2, 0.25) is 5.91 Å². The molecule has 1 saturated heterocycles. The van der Waals surface area contributed by atoms with Crippen molar-refractivity contribution < 1.29 is 18.7 Å². The van der Waals surface area contributed by atoms with Crippen LogP contribution in [0.2, 0.25) is 5.02 Å². The van der Waals surface area contributed by atoms with Gasteiger partial charge in [0.15, 0.2) is 0 Å². The van der Waals surface area contributed by atoms with E-state index in [0.717, 1.165) is 0 Å². The molecule has 8 heteroatoms. The van der Waals surface area contributed by atoms with Crippen LogP contribution in [0, 0.1) is 5.82 Å². The van der Waals surface area contributed by atoms with Gasteiger partial charge in [-0.15, -0.1) is 0 Å². The highest BCUT2D eigenvalue weighted by Crippen LogP contribution is 2.28. The van der Waals surface area contributed by atoms with Gasteiger partial charge in [0, 0.05) is 23.7 Å². The van der Waals surface area contributed by atoms with Crippen molar-refractivity contribution in [2.24, 2.45) is 0 Å². The van der Waals surface area contributed by atoms with Gasteiger partial charge < -0.3 is 20.3 Å². The molecule has 2 N–H and O–H groups in total. The molecule has 0 spiro atoms. The number of halogens is 2. The molecule has 1 heterocycles. The number of carbonyl (C=O) groups excluding carboxylic acids is 2. The summed E-state index contributed by atoms with van der Waals surface area (Å²) in [7, 11) is 1.48. The third-order valence-corrected chi connectivity index (χ3v) is 4.22. The first-order chi connectivity index (χ1) is 12.5. The maximum atomic E-state index is 13.4. The quantitative estimate of drug-likeness (QED) is 0.857. The van der Waals surface area contributed by atoms with Crippen molar-refractivity contribution in [3.63, 3.8) is 0 Å². The van der Waals surface area contributed by atoms with E-state index in [9.17, 15) is 14.0 Å². The Hall–Kier alpha value is -2.80. The van der Waals surface area contributed by atoms with E-state index in [1.807, 2.05) is 0 Å². The molecule has 2 aromatic carbocycles. The van der Waals surface area contributed by atoms with Gasteiger partial charge in [-0.25, -0.2) is 9.18 Å². The van der Waals surface area contributed by atoms with Gasteiger partial charge >= 0.3 is 6.03 Å².